The van der Waals surface area contributed by atoms with Gasteiger partial charge < -0.3 is 5.11 Å². The number of aliphatic hydroxyl groups excluding tert-OH is 1. The summed E-state index contributed by atoms with van der Waals surface area (Å²) < 4.78 is 15.0. The van der Waals surface area contributed by atoms with Gasteiger partial charge in [-0.25, -0.2) is 9.07 Å². The summed E-state index contributed by atoms with van der Waals surface area (Å²) in [6.07, 6.45) is 1.39. The van der Waals surface area contributed by atoms with E-state index in [9.17, 15) is 9.50 Å². The first-order valence-corrected chi connectivity index (χ1v) is 6.02. The van der Waals surface area contributed by atoms with E-state index in [0.717, 1.165) is 6.42 Å². The fourth-order valence-corrected chi connectivity index (χ4v) is 1.83. The van der Waals surface area contributed by atoms with Crippen molar-refractivity contribution in [2.45, 2.75) is 26.0 Å². The van der Waals surface area contributed by atoms with Gasteiger partial charge in [0.15, 0.2) is 0 Å². The molecule has 0 bridgehead atoms. The Bertz CT molecular complexity index is 544. The molecule has 96 valence electrons. The third kappa shape index (κ3) is 2.52. The summed E-state index contributed by atoms with van der Waals surface area (Å²) in [5.74, 6) is -0.553. The topological polar surface area (TPSA) is 50.9 Å². The molecular weight excluding hydrogens is 257 g/mol. The normalized spacial score (nSPS) is 12.7. The number of halogens is 2. The van der Waals surface area contributed by atoms with E-state index < -0.39 is 11.9 Å². The molecular formula is C12H13ClFN3O. The Kier molecular flexibility index (Phi) is 3.93. The average molecular weight is 270 g/mol. The molecule has 0 aliphatic heterocycles. The van der Waals surface area contributed by atoms with Crippen molar-refractivity contribution in [2.24, 2.45) is 0 Å². The number of aliphatic hydroxyl groups is 1. The van der Waals surface area contributed by atoms with E-state index in [2.05, 4.69) is 10.3 Å². The van der Waals surface area contributed by atoms with Crippen LogP contribution in [0.1, 0.15) is 30.7 Å². The van der Waals surface area contributed by atoms with Crippen molar-refractivity contribution in [3.8, 4) is 0 Å². The largest absolute Gasteiger partial charge is 0.382 e. The predicted molar refractivity (Wildman–Crippen MR) is 65.8 cm³/mol. The number of nitrogens with zero attached hydrogens (tertiary/aromatic N) is 3. The molecule has 0 aliphatic rings. The number of aromatic nitrogens is 3. The van der Waals surface area contributed by atoms with Gasteiger partial charge in [-0.15, -0.1) is 5.10 Å². The molecule has 1 atom stereocenters. The van der Waals surface area contributed by atoms with Gasteiger partial charge in [-0.1, -0.05) is 29.8 Å². The van der Waals surface area contributed by atoms with Gasteiger partial charge in [-0.2, -0.15) is 0 Å². The second kappa shape index (κ2) is 5.46. The van der Waals surface area contributed by atoms with Crippen molar-refractivity contribution in [1.29, 1.82) is 0 Å². The average Bonchev–Trinajstić information content (AvgIpc) is 2.80. The fourth-order valence-electron chi connectivity index (χ4n) is 1.72. The summed E-state index contributed by atoms with van der Waals surface area (Å²) in [5, 5.41) is 17.9. The van der Waals surface area contributed by atoms with E-state index in [4.69, 9.17) is 11.6 Å². The summed E-state index contributed by atoms with van der Waals surface area (Å²) in [4.78, 5) is 0. The SMILES string of the molecule is CCCn1nncc1C(O)c1ccc(Cl)c(F)c1. The molecule has 1 heterocycles. The molecule has 0 amide bonds. The van der Waals surface area contributed by atoms with Crippen molar-refractivity contribution in [2.75, 3.05) is 0 Å². The number of hydrogen-bond donors (Lipinski definition) is 1. The number of rotatable bonds is 4. The van der Waals surface area contributed by atoms with Crippen LogP contribution in [0.2, 0.25) is 5.02 Å². The van der Waals surface area contributed by atoms with Crippen LogP contribution < -0.4 is 0 Å². The Morgan fingerprint density at radius 3 is 2.94 bits per heavy atom. The van der Waals surface area contributed by atoms with Gasteiger partial charge >= 0.3 is 0 Å². The van der Waals surface area contributed by atoms with Crippen LogP contribution in [0.5, 0.6) is 0 Å². The van der Waals surface area contributed by atoms with Gasteiger partial charge in [0.1, 0.15) is 11.9 Å². The molecule has 2 aromatic rings. The zero-order chi connectivity index (χ0) is 13.1. The smallest absolute Gasteiger partial charge is 0.142 e. The minimum atomic E-state index is -0.960. The van der Waals surface area contributed by atoms with E-state index in [1.807, 2.05) is 6.92 Å². The number of benzene rings is 1. The minimum absolute atomic E-state index is 0.0335. The zero-order valence-corrected chi connectivity index (χ0v) is 10.6. The fraction of sp³-hybridized carbons (Fsp3) is 0.333. The third-order valence-electron chi connectivity index (χ3n) is 2.62. The highest BCUT2D eigenvalue weighted by molar-refractivity contribution is 6.30. The summed E-state index contributed by atoms with van der Waals surface area (Å²) in [5.41, 5.74) is 0.968. The van der Waals surface area contributed by atoms with E-state index >= 15 is 0 Å². The van der Waals surface area contributed by atoms with Crippen LogP contribution in [-0.4, -0.2) is 20.1 Å². The molecule has 0 saturated carbocycles. The minimum Gasteiger partial charge on any atom is -0.382 e. The highest BCUT2D eigenvalue weighted by Crippen LogP contribution is 2.24. The Balaban J connectivity index is 2.32. The molecule has 0 fully saturated rings. The summed E-state index contributed by atoms with van der Waals surface area (Å²) >= 11 is 5.60. The van der Waals surface area contributed by atoms with Crippen molar-refractivity contribution in [1.82, 2.24) is 15.0 Å². The first kappa shape index (κ1) is 13.0. The van der Waals surface area contributed by atoms with Gasteiger partial charge in [-0.05, 0) is 24.1 Å². The van der Waals surface area contributed by atoms with Crippen molar-refractivity contribution >= 4 is 11.6 Å². The highest BCUT2D eigenvalue weighted by atomic mass is 35.5. The quantitative estimate of drug-likeness (QED) is 0.928. The maximum absolute atomic E-state index is 13.3. The van der Waals surface area contributed by atoms with Crippen LogP contribution in [0.3, 0.4) is 0 Å². The van der Waals surface area contributed by atoms with Gasteiger partial charge in [0.2, 0.25) is 0 Å². The Morgan fingerprint density at radius 2 is 2.28 bits per heavy atom. The summed E-state index contributed by atoms with van der Waals surface area (Å²) in [6, 6.07) is 4.22. The second-order valence-electron chi connectivity index (χ2n) is 3.96. The lowest BCUT2D eigenvalue weighted by molar-refractivity contribution is 0.207. The van der Waals surface area contributed by atoms with E-state index in [1.165, 1.54) is 18.3 Å². The lowest BCUT2D eigenvalue weighted by Crippen LogP contribution is -2.10. The predicted octanol–water partition coefficient (Wildman–Crippen LogP) is 2.56. The molecule has 18 heavy (non-hydrogen) atoms. The number of hydrogen-bond acceptors (Lipinski definition) is 3. The standard InChI is InChI=1S/C12H13ClFN3O/c1-2-5-17-11(7-15-16-17)12(18)8-3-4-9(13)10(14)6-8/h3-4,6-7,12,18H,2,5H2,1H3. The van der Waals surface area contributed by atoms with E-state index in [0.29, 0.717) is 17.8 Å². The second-order valence-corrected chi connectivity index (χ2v) is 4.37. The van der Waals surface area contributed by atoms with Gasteiger partial charge in [0.25, 0.3) is 0 Å². The van der Waals surface area contributed by atoms with E-state index in [1.54, 1.807) is 10.7 Å². The van der Waals surface area contributed by atoms with Crippen LogP contribution in [0.4, 0.5) is 4.39 Å². The van der Waals surface area contributed by atoms with Crippen molar-refractivity contribution < 1.29 is 9.50 Å². The maximum atomic E-state index is 13.3. The van der Waals surface area contributed by atoms with Gasteiger partial charge in [0, 0.05) is 6.54 Å². The Morgan fingerprint density at radius 1 is 1.50 bits per heavy atom. The molecule has 1 N–H and O–H groups in total. The molecule has 2 rings (SSSR count). The molecule has 0 spiro atoms. The third-order valence-corrected chi connectivity index (χ3v) is 2.93. The van der Waals surface area contributed by atoms with Crippen molar-refractivity contribution in [3.63, 3.8) is 0 Å². The molecule has 6 heteroatoms. The van der Waals surface area contributed by atoms with Crippen LogP contribution in [0.15, 0.2) is 24.4 Å². The lowest BCUT2D eigenvalue weighted by Gasteiger charge is -2.12. The lowest BCUT2D eigenvalue weighted by atomic mass is 10.1. The first-order chi connectivity index (χ1) is 8.63. The summed E-state index contributed by atoms with van der Waals surface area (Å²) in [7, 11) is 0. The van der Waals surface area contributed by atoms with Gasteiger partial charge in [-0.3, -0.25) is 0 Å². The van der Waals surface area contributed by atoms with Crippen LogP contribution in [0.25, 0.3) is 0 Å². The summed E-state index contributed by atoms with van der Waals surface area (Å²) in [6.45, 7) is 2.66. The zero-order valence-electron chi connectivity index (χ0n) is 9.85. The van der Waals surface area contributed by atoms with E-state index in [-0.39, 0.29) is 5.02 Å². The van der Waals surface area contributed by atoms with Crippen LogP contribution in [0, 0.1) is 5.82 Å². The maximum Gasteiger partial charge on any atom is 0.142 e. The Hall–Kier alpha value is -1.46. The highest BCUT2D eigenvalue weighted by Gasteiger charge is 2.17. The molecule has 1 aromatic heterocycles. The van der Waals surface area contributed by atoms with Crippen LogP contribution in [-0.2, 0) is 6.54 Å². The monoisotopic (exact) mass is 269 g/mol. The molecule has 1 unspecified atom stereocenters. The first-order valence-electron chi connectivity index (χ1n) is 5.65. The molecule has 4 nitrogen and oxygen atoms in total. The number of aryl methyl sites for hydroxylation is 1. The Labute approximate surface area is 109 Å². The van der Waals surface area contributed by atoms with Crippen molar-refractivity contribution in [3.05, 3.63) is 46.5 Å². The van der Waals surface area contributed by atoms with Crippen LogP contribution >= 0.6 is 11.6 Å². The molecule has 0 saturated heterocycles. The molecule has 0 radical (unpaired) electrons. The molecule has 1 aromatic carbocycles. The van der Waals surface area contributed by atoms with Gasteiger partial charge in [0.05, 0.1) is 16.9 Å². The molecule has 0 aliphatic carbocycles.